The molecule has 0 atom stereocenters. The number of rotatable bonds is 7. The van der Waals surface area contributed by atoms with Crippen molar-refractivity contribution in [2.24, 2.45) is 0 Å². The number of hydrogen-bond acceptors (Lipinski definition) is 3. The van der Waals surface area contributed by atoms with Crippen LogP contribution in [0.1, 0.15) is 40.5 Å². The molecule has 0 fully saturated rings. The molecule has 0 aliphatic rings. The van der Waals surface area contributed by atoms with E-state index in [9.17, 15) is 9.59 Å². The van der Waals surface area contributed by atoms with Gasteiger partial charge in [-0.25, -0.2) is 4.79 Å². The number of nitrogens with one attached hydrogen (secondary N) is 1. The predicted molar refractivity (Wildman–Crippen MR) is 93.2 cm³/mol. The molecule has 0 radical (unpaired) electrons. The molecule has 0 aliphatic heterocycles. The summed E-state index contributed by atoms with van der Waals surface area (Å²) in [5.41, 5.74) is 0.887. The third kappa shape index (κ3) is 4.73. The molecule has 1 amide bonds. The number of benzene rings is 2. The maximum atomic E-state index is 12.2. The van der Waals surface area contributed by atoms with Gasteiger partial charge in [0.2, 0.25) is 0 Å². The first kappa shape index (κ1) is 17.8. The van der Waals surface area contributed by atoms with E-state index in [2.05, 4.69) is 12.2 Å². The van der Waals surface area contributed by atoms with E-state index in [0.717, 1.165) is 12.8 Å². The van der Waals surface area contributed by atoms with E-state index in [1.165, 1.54) is 18.2 Å². The highest BCUT2D eigenvalue weighted by Crippen LogP contribution is 2.22. The van der Waals surface area contributed by atoms with Crippen LogP contribution in [-0.2, 0) is 0 Å². The highest BCUT2D eigenvalue weighted by molar-refractivity contribution is 6.33. The van der Waals surface area contributed by atoms with Crippen LogP contribution in [0.4, 0.5) is 5.69 Å². The average molecular weight is 348 g/mol. The zero-order chi connectivity index (χ0) is 17.5. The molecule has 2 rings (SSSR count). The van der Waals surface area contributed by atoms with E-state index in [0.29, 0.717) is 23.6 Å². The Bertz CT molecular complexity index is 728. The van der Waals surface area contributed by atoms with Crippen molar-refractivity contribution in [3.05, 3.63) is 58.6 Å². The van der Waals surface area contributed by atoms with Crippen LogP contribution in [0.2, 0.25) is 5.02 Å². The number of anilines is 1. The first-order valence-electron chi connectivity index (χ1n) is 7.58. The topological polar surface area (TPSA) is 75.6 Å². The van der Waals surface area contributed by atoms with Crippen LogP contribution in [-0.4, -0.2) is 23.6 Å². The molecule has 6 heteroatoms. The molecular weight excluding hydrogens is 330 g/mol. The maximum absolute atomic E-state index is 12.2. The molecule has 24 heavy (non-hydrogen) atoms. The third-order valence-electron chi connectivity index (χ3n) is 3.34. The van der Waals surface area contributed by atoms with Gasteiger partial charge in [0.1, 0.15) is 5.75 Å². The van der Waals surface area contributed by atoms with Gasteiger partial charge in [0.25, 0.3) is 5.91 Å². The Morgan fingerprint density at radius 1 is 1.17 bits per heavy atom. The van der Waals surface area contributed by atoms with Crippen LogP contribution >= 0.6 is 11.6 Å². The molecule has 2 aromatic rings. The molecule has 0 unspecified atom stereocenters. The molecule has 0 bridgehead atoms. The van der Waals surface area contributed by atoms with E-state index >= 15 is 0 Å². The molecule has 0 spiro atoms. The number of carbonyl (C=O) groups excluding carboxylic acids is 1. The molecule has 126 valence electrons. The van der Waals surface area contributed by atoms with Crippen molar-refractivity contribution < 1.29 is 19.4 Å². The normalized spacial score (nSPS) is 10.2. The second-order valence-corrected chi connectivity index (χ2v) is 5.59. The van der Waals surface area contributed by atoms with Gasteiger partial charge in [0.05, 0.1) is 17.2 Å². The average Bonchev–Trinajstić information content (AvgIpc) is 2.55. The highest BCUT2D eigenvalue weighted by atomic mass is 35.5. The SMILES string of the molecule is CCCCOc1ccc(C(=O)Nc2ccc(C(=O)O)c(Cl)c2)cc1. The van der Waals surface area contributed by atoms with Crippen molar-refractivity contribution in [3.63, 3.8) is 0 Å². The summed E-state index contributed by atoms with van der Waals surface area (Å²) in [6.07, 6.45) is 2.04. The number of unbranched alkanes of at least 4 members (excludes halogenated alkanes) is 1. The Morgan fingerprint density at radius 2 is 1.88 bits per heavy atom. The Morgan fingerprint density at radius 3 is 2.46 bits per heavy atom. The molecule has 5 nitrogen and oxygen atoms in total. The number of carboxylic acids is 1. The summed E-state index contributed by atoms with van der Waals surface area (Å²) in [6.45, 7) is 2.74. The lowest BCUT2D eigenvalue weighted by Gasteiger charge is -2.08. The molecule has 0 aromatic heterocycles. The van der Waals surface area contributed by atoms with Gasteiger partial charge < -0.3 is 15.2 Å². The number of aromatic carboxylic acids is 1. The van der Waals surface area contributed by atoms with Crippen molar-refractivity contribution in [3.8, 4) is 5.75 Å². The summed E-state index contributed by atoms with van der Waals surface area (Å²) in [6, 6.07) is 11.1. The molecule has 0 saturated heterocycles. The molecule has 0 aliphatic carbocycles. The number of hydrogen-bond donors (Lipinski definition) is 2. The summed E-state index contributed by atoms with van der Waals surface area (Å²) in [5, 5.41) is 11.7. The van der Waals surface area contributed by atoms with Gasteiger partial charge >= 0.3 is 5.97 Å². The number of carboxylic acid groups (broad SMARTS) is 1. The monoisotopic (exact) mass is 347 g/mol. The van der Waals surface area contributed by atoms with Gasteiger partial charge in [-0.2, -0.15) is 0 Å². The van der Waals surface area contributed by atoms with Crippen LogP contribution < -0.4 is 10.1 Å². The lowest BCUT2D eigenvalue weighted by molar-refractivity contribution is 0.0697. The predicted octanol–water partition coefficient (Wildman–Crippen LogP) is 4.47. The number of halogens is 1. The Labute approximate surface area is 145 Å². The van der Waals surface area contributed by atoms with E-state index < -0.39 is 5.97 Å². The zero-order valence-corrected chi connectivity index (χ0v) is 14.0. The van der Waals surface area contributed by atoms with E-state index in [-0.39, 0.29) is 16.5 Å². The van der Waals surface area contributed by atoms with Crippen molar-refractivity contribution >= 4 is 29.2 Å². The second-order valence-electron chi connectivity index (χ2n) is 5.18. The third-order valence-corrected chi connectivity index (χ3v) is 3.65. The van der Waals surface area contributed by atoms with Crippen molar-refractivity contribution in [1.82, 2.24) is 0 Å². The van der Waals surface area contributed by atoms with Gasteiger partial charge in [-0.3, -0.25) is 4.79 Å². The minimum atomic E-state index is -1.11. The fourth-order valence-electron chi connectivity index (χ4n) is 2.01. The first-order valence-corrected chi connectivity index (χ1v) is 7.96. The van der Waals surface area contributed by atoms with Gasteiger partial charge in [-0.05, 0) is 48.9 Å². The van der Waals surface area contributed by atoms with Gasteiger partial charge in [0, 0.05) is 11.3 Å². The smallest absolute Gasteiger partial charge is 0.337 e. The van der Waals surface area contributed by atoms with Gasteiger partial charge in [0.15, 0.2) is 0 Å². The summed E-state index contributed by atoms with van der Waals surface area (Å²) in [7, 11) is 0. The van der Waals surface area contributed by atoms with E-state index in [1.807, 2.05) is 0 Å². The molecule has 0 heterocycles. The summed E-state index contributed by atoms with van der Waals surface area (Å²) < 4.78 is 5.55. The quantitative estimate of drug-likeness (QED) is 0.724. The minimum Gasteiger partial charge on any atom is -0.494 e. The molecule has 2 N–H and O–H groups in total. The minimum absolute atomic E-state index is 0.0109. The van der Waals surface area contributed by atoms with Gasteiger partial charge in [-0.1, -0.05) is 24.9 Å². The summed E-state index contributed by atoms with van der Waals surface area (Å²) in [5.74, 6) is -0.709. The van der Waals surface area contributed by atoms with Crippen molar-refractivity contribution in [2.75, 3.05) is 11.9 Å². The fourth-order valence-corrected chi connectivity index (χ4v) is 2.27. The van der Waals surface area contributed by atoms with Crippen molar-refractivity contribution in [1.29, 1.82) is 0 Å². The fraction of sp³-hybridized carbons (Fsp3) is 0.222. The number of amides is 1. The Hall–Kier alpha value is -2.53. The van der Waals surface area contributed by atoms with Crippen LogP contribution in [0.25, 0.3) is 0 Å². The van der Waals surface area contributed by atoms with Crippen LogP contribution in [0.5, 0.6) is 5.75 Å². The number of ether oxygens (including phenoxy) is 1. The lowest BCUT2D eigenvalue weighted by atomic mass is 10.1. The lowest BCUT2D eigenvalue weighted by Crippen LogP contribution is -2.12. The Kier molecular flexibility index (Phi) is 6.21. The first-order chi connectivity index (χ1) is 11.5. The Balaban J connectivity index is 2.01. The largest absolute Gasteiger partial charge is 0.494 e. The van der Waals surface area contributed by atoms with Crippen molar-refractivity contribution in [2.45, 2.75) is 19.8 Å². The second kappa shape index (κ2) is 8.36. The zero-order valence-electron chi connectivity index (χ0n) is 13.2. The molecule has 0 saturated carbocycles. The van der Waals surface area contributed by atoms with E-state index in [1.54, 1.807) is 24.3 Å². The summed E-state index contributed by atoms with van der Waals surface area (Å²) in [4.78, 5) is 23.1. The maximum Gasteiger partial charge on any atom is 0.337 e. The van der Waals surface area contributed by atoms with Crippen LogP contribution in [0.15, 0.2) is 42.5 Å². The highest BCUT2D eigenvalue weighted by Gasteiger charge is 2.11. The standard InChI is InChI=1S/C18H18ClNO4/c1-2-3-10-24-14-7-4-12(5-8-14)17(21)20-13-6-9-15(18(22)23)16(19)11-13/h4-9,11H,2-3,10H2,1H3,(H,20,21)(H,22,23). The number of carbonyl (C=O) groups is 2. The van der Waals surface area contributed by atoms with Crippen LogP contribution in [0.3, 0.4) is 0 Å². The molecular formula is C18H18ClNO4. The summed E-state index contributed by atoms with van der Waals surface area (Å²) >= 11 is 5.89. The van der Waals surface area contributed by atoms with Crippen LogP contribution in [0, 0.1) is 0 Å². The molecule has 2 aromatic carbocycles. The van der Waals surface area contributed by atoms with E-state index in [4.69, 9.17) is 21.4 Å². The van der Waals surface area contributed by atoms with Gasteiger partial charge in [-0.15, -0.1) is 0 Å².